The Kier molecular flexibility index (Phi) is 34.7. The predicted molar refractivity (Wildman–Crippen MR) is 162 cm³/mol. The summed E-state index contributed by atoms with van der Waals surface area (Å²) in [6, 6.07) is 0. The summed E-state index contributed by atoms with van der Waals surface area (Å²) >= 11 is 0. The van der Waals surface area contributed by atoms with Gasteiger partial charge in [0, 0.05) is 54.9 Å². The molecule has 0 saturated heterocycles. The molecule has 0 saturated carbocycles. The molecule has 0 amide bonds. The Morgan fingerprint density at radius 3 is 0.744 bits per heavy atom. The molecule has 0 aromatic rings. The fourth-order valence-corrected chi connectivity index (χ4v) is 2.79. The maximum Gasteiger partial charge on any atom is 2.00 e. The van der Waals surface area contributed by atoms with Gasteiger partial charge in [0.05, 0.1) is 0 Å². The van der Waals surface area contributed by atoms with Gasteiger partial charge in [0.15, 0.2) is 0 Å². The van der Waals surface area contributed by atoms with Crippen LogP contribution in [-0.4, -0.2) is 231 Å². The average Bonchev–Trinajstić information content (AvgIpc) is 2.85. The van der Waals surface area contributed by atoms with Gasteiger partial charge in [-0.05, 0) is 81.5 Å². The third kappa shape index (κ3) is 26.4. The minimum absolute atomic E-state index is 0. The summed E-state index contributed by atoms with van der Waals surface area (Å²) in [7, 11) is 22.6. The van der Waals surface area contributed by atoms with Crippen molar-refractivity contribution in [3.63, 3.8) is 0 Å². The molecule has 0 aliphatic heterocycles. The van der Waals surface area contributed by atoms with Crippen molar-refractivity contribution in [3.05, 3.63) is 21.3 Å². The zero-order valence-electron chi connectivity index (χ0n) is 26.9. The molecule has 0 bridgehead atoms. The summed E-state index contributed by atoms with van der Waals surface area (Å²) < 4.78 is 20.1. The fraction of sp³-hybridized carbons (Fsp3) is 1.00. The van der Waals surface area contributed by atoms with Crippen molar-refractivity contribution < 1.29 is 18.9 Å². The van der Waals surface area contributed by atoms with Crippen molar-refractivity contribution in [3.8, 4) is 0 Å². The third-order valence-electron chi connectivity index (χ3n) is 4.94. The molecule has 0 heterocycles. The normalized spacial score (nSPS) is 14.8. The molecule has 0 aliphatic rings. The van der Waals surface area contributed by atoms with E-state index in [2.05, 4.69) is 31.9 Å². The van der Waals surface area contributed by atoms with Crippen molar-refractivity contribution in [2.75, 3.05) is 137 Å². The fourth-order valence-electron chi connectivity index (χ4n) is 2.79. The van der Waals surface area contributed by atoms with Gasteiger partial charge in [-0.3, -0.25) is 0 Å². The Morgan fingerprint density at radius 2 is 0.615 bits per heavy atom. The van der Waals surface area contributed by atoms with Crippen molar-refractivity contribution in [1.82, 2.24) is 30.2 Å². The molecule has 4 atom stereocenters. The van der Waals surface area contributed by atoms with E-state index < -0.39 is 0 Å². The maximum atomic E-state index is 5.01. The van der Waals surface area contributed by atoms with Gasteiger partial charge in [-0.2, -0.15) is 0 Å². The van der Waals surface area contributed by atoms with Crippen LogP contribution in [0.1, 0.15) is 0 Å². The summed E-state index contributed by atoms with van der Waals surface area (Å²) in [6.45, 7) is 5.13. The van der Waals surface area contributed by atoms with E-state index in [1.165, 1.54) is 0 Å². The zero-order valence-corrected chi connectivity index (χ0v) is 31.3. The molecule has 0 spiro atoms. The number of ether oxygens (including phenoxy) is 4. The van der Waals surface area contributed by atoms with Gasteiger partial charge < -0.3 is 70.4 Å². The molecule has 0 aromatic heterocycles. The van der Waals surface area contributed by atoms with Crippen LogP contribution < -0.4 is 10.6 Å². The van der Waals surface area contributed by atoms with Gasteiger partial charge in [-0.1, -0.05) is 0 Å². The van der Waals surface area contributed by atoms with Crippen LogP contribution in [0.3, 0.4) is 0 Å². The van der Waals surface area contributed by atoms with E-state index in [-0.39, 0.29) is 74.0 Å². The predicted octanol–water partition coefficient (Wildman–Crippen LogP) is 0.232. The SMILES string of the molecule is COCC[N-]C(NC([N-]CCOC)N(C)C)N(C)C.COCC[N-]C(NC([N-]CCOC)N(C)C)N(C)C.[Ba+2]. The molecule has 0 aromatic carbocycles. The van der Waals surface area contributed by atoms with Gasteiger partial charge in [0.2, 0.25) is 0 Å². The maximum absolute atomic E-state index is 5.01. The molecule has 4 unspecified atom stereocenters. The zero-order chi connectivity index (χ0) is 29.3. The van der Waals surface area contributed by atoms with E-state index in [1.807, 2.05) is 76.0 Å². The molecule has 232 valence electrons. The Labute approximate surface area is 280 Å². The van der Waals surface area contributed by atoms with Crippen LogP contribution in [0.5, 0.6) is 0 Å². The molecule has 2 N–H and O–H groups in total. The molecular formula is C24H58BaN10O4-2. The van der Waals surface area contributed by atoms with E-state index >= 15 is 0 Å². The van der Waals surface area contributed by atoms with E-state index in [1.54, 1.807) is 28.4 Å². The van der Waals surface area contributed by atoms with Gasteiger partial charge >= 0.3 is 48.9 Å². The average molecular weight is 688 g/mol. The van der Waals surface area contributed by atoms with Crippen LogP contribution in [0.2, 0.25) is 0 Å². The van der Waals surface area contributed by atoms with Crippen LogP contribution >= 0.6 is 0 Å². The first kappa shape index (κ1) is 44.5. The van der Waals surface area contributed by atoms with Crippen LogP contribution in [0.15, 0.2) is 0 Å². The van der Waals surface area contributed by atoms with Crippen LogP contribution in [-0.2, 0) is 18.9 Å². The summed E-state index contributed by atoms with van der Waals surface area (Å²) in [6.07, 6.45) is -0.356. The van der Waals surface area contributed by atoms with Crippen molar-refractivity contribution in [1.29, 1.82) is 0 Å². The third-order valence-corrected chi connectivity index (χ3v) is 4.94. The van der Waals surface area contributed by atoms with Gasteiger partial charge in [-0.25, -0.2) is 0 Å². The number of rotatable bonds is 24. The van der Waals surface area contributed by atoms with Crippen LogP contribution in [0.25, 0.3) is 21.3 Å². The molecule has 0 rings (SSSR count). The number of nitrogens with zero attached hydrogens (tertiary/aromatic N) is 8. The van der Waals surface area contributed by atoms with E-state index in [0.717, 1.165) is 0 Å². The van der Waals surface area contributed by atoms with Crippen LogP contribution in [0.4, 0.5) is 0 Å². The molecule has 39 heavy (non-hydrogen) atoms. The quantitative estimate of drug-likeness (QED) is 0.0827. The second-order valence-electron chi connectivity index (χ2n) is 9.28. The number of hydrogen-bond donors (Lipinski definition) is 2. The second kappa shape index (κ2) is 30.5. The number of hydrogen-bond acceptors (Lipinski definition) is 10. The summed E-state index contributed by atoms with van der Waals surface area (Å²) in [4.78, 5) is 8.05. The van der Waals surface area contributed by atoms with E-state index in [0.29, 0.717) is 52.6 Å². The first-order valence-corrected chi connectivity index (χ1v) is 12.9. The first-order chi connectivity index (χ1) is 18.0. The summed E-state index contributed by atoms with van der Waals surface area (Å²) in [5, 5.41) is 24.9. The smallest absolute Gasteiger partial charge is 0.633 e. The summed E-state index contributed by atoms with van der Waals surface area (Å²) in [5.74, 6) is 0. The Balaban J connectivity index is -0.000000648. The van der Waals surface area contributed by atoms with Gasteiger partial charge in [0.1, 0.15) is 0 Å². The van der Waals surface area contributed by atoms with Gasteiger partial charge in [0.25, 0.3) is 0 Å². The van der Waals surface area contributed by atoms with E-state index in [4.69, 9.17) is 18.9 Å². The van der Waals surface area contributed by atoms with Crippen molar-refractivity contribution in [2.45, 2.75) is 25.2 Å². The first-order valence-electron chi connectivity index (χ1n) is 12.9. The standard InChI is InChI=1S/2C12H29N5O2.Ba/c2*1-16(2)11(13-7-9-18-5)15-12(17(3)4)14-8-10-19-6;/h2*11-12,15H,7-10H2,1-6H3;/q2*-2;+2. The molecule has 0 aliphatic carbocycles. The number of methoxy groups -OCH3 is 4. The molecule has 0 fully saturated rings. The molecule has 14 nitrogen and oxygen atoms in total. The minimum atomic E-state index is -0.0890. The second-order valence-corrected chi connectivity index (χ2v) is 9.28. The Hall–Kier alpha value is 1.01. The summed E-state index contributed by atoms with van der Waals surface area (Å²) in [5.41, 5.74) is 0. The van der Waals surface area contributed by atoms with Crippen molar-refractivity contribution in [2.24, 2.45) is 0 Å². The van der Waals surface area contributed by atoms with Crippen LogP contribution in [0, 0.1) is 0 Å². The molecule has 0 radical (unpaired) electrons. The Morgan fingerprint density at radius 1 is 0.436 bits per heavy atom. The largest absolute Gasteiger partial charge is 2.00 e. The topological polar surface area (TPSA) is 130 Å². The van der Waals surface area contributed by atoms with Gasteiger partial charge in [-0.15, -0.1) is 26.2 Å². The molecule has 15 heteroatoms. The van der Waals surface area contributed by atoms with E-state index in [9.17, 15) is 0 Å². The monoisotopic (exact) mass is 688 g/mol. The minimum Gasteiger partial charge on any atom is -0.633 e. The Bertz CT molecular complexity index is 418. The molecular weight excluding hydrogens is 630 g/mol. The number of nitrogens with one attached hydrogen (secondary N) is 2. The van der Waals surface area contributed by atoms with Crippen molar-refractivity contribution >= 4 is 48.9 Å².